The molecule has 0 aromatic carbocycles. The highest BCUT2D eigenvalue weighted by atomic mass is 16.4. The van der Waals surface area contributed by atoms with E-state index < -0.39 is 12.1 Å². The van der Waals surface area contributed by atoms with Gasteiger partial charge in [-0.05, 0) is 24.7 Å². The van der Waals surface area contributed by atoms with E-state index in [1.807, 2.05) is 0 Å². The molecule has 1 aliphatic carbocycles. The van der Waals surface area contributed by atoms with Crippen LogP contribution in [0.2, 0.25) is 0 Å². The molecule has 2 fully saturated rings. The van der Waals surface area contributed by atoms with Gasteiger partial charge in [0, 0.05) is 6.54 Å². The average Bonchev–Trinajstić information content (AvgIpc) is 2.54. The van der Waals surface area contributed by atoms with E-state index >= 15 is 0 Å². The molecule has 2 aliphatic rings. The Labute approximate surface area is 107 Å². The molecule has 0 aromatic rings. The molecule has 0 unspecified atom stereocenters. The van der Waals surface area contributed by atoms with Crippen LogP contribution < -0.4 is 10.6 Å². The maximum atomic E-state index is 11.7. The van der Waals surface area contributed by atoms with Crippen LogP contribution in [0.25, 0.3) is 0 Å². The first-order valence-corrected chi connectivity index (χ1v) is 6.94. The van der Waals surface area contributed by atoms with Crippen molar-refractivity contribution >= 4 is 12.0 Å². The van der Waals surface area contributed by atoms with E-state index in [-0.39, 0.29) is 5.91 Å². The summed E-state index contributed by atoms with van der Waals surface area (Å²) >= 11 is 0. The van der Waals surface area contributed by atoms with Crippen molar-refractivity contribution in [2.45, 2.75) is 51.0 Å². The minimum Gasteiger partial charge on any atom is -0.465 e. The molecule has 102 valence electrons. The summed E-state index contributed by atoms with van der Waals surface area (Å²) in [4.78, 5) is 22.4. The van der Waals surface area contributed by atoms with Gasteiger partial charge >= 0.3 is 6.09 Å². The van der Waals surface area contributed by atoms with Crippen molar-refractivity contribution in [2.75, 3.05) is 6.54 Å². The van der Waals surface area contributed by atoms with Crippen molar-refractivity contribution in [1.29, 1.82) is 0 Å². The standard InChI is InChI=1S/C13H22N2O3/c16-12-11(15-13(17)18)7-6-10(8-14-12)9-4-2-1-3-5-9/h9-11,15H,1-8H2,(H,14,16)(H,17,18)/t10-,11-/m1/s1. The molecule has 1 saturated heterocycles. The lowest BCUT2D eigenvalue weighted by Crippen LogP contribution is -2.45. The van der Waals surface area contributed by atoms with Gasteiger partial charge in [0.25, 0.3) is 0 Å². The van der Waals surface area contributed by atoms with Gasteiger partial charge in [-0.15, -0.1) is 0 Å². The monoisotopic (exact) mass is 254 g/mol. The van der Waals surface area contributed by atoms with E-state index in [2.05, 4.69) is 10.6 Å². The van der Waals surface area contributed by atoms with E-state index in [0.717, 1.165) is 6.42 Å². The van der Waals surface area contributed by atoms with Crippen molar-refractivity contribution in [3.05, 3.63) is 0 Å². The van der Waals surface area contributed by atoms with Crippen molar-refractivity contribution in [3.63, 3.8) is 0 Å². The average molecular weight is 254 g/mol. The molecule has 1 aliphatic heterocycles. The fourth-order valence-electron chi connectivity index (χ4n) is 3.26. The van der Waals surface area contributed by atoms with Crippen molar-refractivity contribution < 1.29 is 14.7 Å². The van der Waals surface area contributed by atoms with Crippen LogP contribution in [0.4, 0.5) is 4.79 Å². The number of carboxylic acid groups (broad SMARTS) is 1. The van der Waals surface area contributed by atoms with Crippen LogP contribution >= 0.6 is 0 Å². The van der Waals surface area contributed by atoms with E-state index in [9.17, 15) is 9.59 Å². The van der Waals surface area contributed by atoms with Gasteiger partial charge in [-0.25, -0.2) is 4.79 Å². The quantitative estimate of drug-likeness (QED) is 0.702. The Morgan fingerprint density at radius 3 is 2.50 bits per heavy atom. The van der Waals surface area contributed by atoms with Gasteiger partial charge in [0.2, 0.25) is 5.91 Å². The highest BCUT2D eigenvalue weighted by Gasteiger charge is 2.30. The van der Waals surface area contributed by atoms with Crippen LogP contribution in [-0.2, 0) is 4.79 Å². The zero-order valence-corrected chi connectivity index (χ0v) is 10.7. The maximum Gasteiger partial charge on any atom is 0.405 e. The number of nitrogens with one attached hydrogen (secondary N) is 2. The van der Waals surface area contributed by atoms with Gasteiger partial charge in [0.1, 0.15) is 6.04 Å². The molecule has 0 radical (unpaired) electrons. The van der Waals surface area contributed by atoms with Crippen molar-refractivity contribution in [3.8, 4) is 0 Å². The second-order valence-corrected chi connectivity index (χ2v) is 5.48. The van der Waals surface area contributed by atoms with E-state index in [0.29, 0.717) is 24.8 Å². The fraction of sp³-hybridized carbons (Fsp3) is 0.846. The molecule has 5 nitrogen and oxygen atoms in total. The molecule has 0 bridgehead atoms. The van der Waals surface area contributed by atoms with Crippen LogP contribution in [-0.4, -0.2) is 29.7 Å². The highest BCUT2D eigenvalue weighted by Crippen LogP contribution is 2.33. The summed E-state index contributed by atoms with van der Waals surface area (Å²) in [5.41, 5.74) is 0. The predicted octanol–water partition coefficient (Wildman–Crippen LogP) is 1.73. The molecular formula is C13H22N2O3. The summed E-state index contributed by atoms with van der Waals surface area (Å²) in [6.07, 6.45) is 6.89. The Kier molecular flexibility index (Phi) is 4.44. The van der Waals surface area contributed by atoms with E-state index in [1.165, 1.54) is 32.1 Å². The number of carbonyl (C=O) groups is 2. The molecule has 1 heterocycles. The third-order valence-corrected chi connectivity index (χ3v) is 4.30. The first-order valence-electron chi connectivity index (χ1n) is 6.94. The normalized spacial score (nSPS) is 30.3. The highest BCUT2D eigenvalue weighted by molar-refractivity contribution is 5.85. The molecule has 2 atom stereocenters. The Bertz CT molecular complexity index is 313. The zero-order chi connectivity index (χ0) is 13.0. The van der Waals surface area contributed by atoms with Gasteiger partial charge in [-0.3, -0.25) is 4.79 Å². The fourth-order valence-corrected chi connectivity index (χ4v) is 3.26. The summed E-state index contributed by atoms with van der Waals surface area (Å²) in [6.45, 7) is 0.710. The van der Waals surface area contributed by atoms with E-state index in [1.54, 1.807) is 0 Å². The third kappa shape index (κ3) is 3.37. The van der Waals surface area contributed by atoms with Gasteiger partial charge in [0.15, 0.2) is 0 Å². The number of hydrogen-bond donors (Lipinski definition) is 3. The van der Waals surface area contributed by atoms with Crippen LogP contribution in [0.1, 0.15) is 44.9 Å². The Morgan fingerprint density at radius 2 is 1.83 bits per heavy atom. The van der Waals surface area contributed by atoms with Crippen LogP contribution in [0, 0.1) is 11.8 Å². The Morgan fingerprint density at radius 1 is 1.11 bits per heavy atom. The lowest BCUT2D eigenvalue weighted by Gasteiger charge is -2.29. The number of carbonyl (C=O) groups excluding carboxylic acids is 1. The van der Waals surface area contributed by atoms with Gasteiger partial charge in [0.05, 0.1) is 0 Å². The Balaban J connectivity index is 1.90. The molecule has 2 amide bonds. The number of hydrogen-bond acceptors (Lipinski definition) is 2. The molecule has 2 rings (SSSR count). The number of rotatable bonds is 2. The number of amides is 2. The first-order chi connectivity index (χ1) is 8.66. The second kappa shape index (κ2) is 6.07. The first kappa shape index (κ1) is 13.2. The lowest BCUT2D eigenvalue weighted by molar-refractivity contribution is -0.122. The second-order valence-electron chi connectivity index (χ2n) is 5.48. The summed E-state index contributed by atoms with van der Waals surface area (Å²) in [7, 11) is 0. The molecule has 0 aromatic heterocycles. The Hall–Kier alpha value is -1.26. The molecule has 18 heavy (non-hydrogen) atoms. The van der Waals surface area contributed by atoms with Crippen LogP contribution in [0.5, 0.6) is 0 Å². The summed E-state index contributed by atoms with van der Waals surface area (Å²) in [5, 5.41) is 13.9. The molecule has 0 spiro atoms. The third-order valence-electron chi connectivity index (χ3n) is 4.30. The van der Waals surface area contributed by atoms with E-state index in [4.69, 9.17) is 5.11 Å². The van der Waals surface area contributed by atoms with Crippen molar-refractivity contribution in [1.82, 2.24) is 10.6 Å². The topological polar surface area (TPSA) is 78.4 Å². The van der Waals surface area contributed by atoms with Crippen LogP contribution in [0.15, 0.2) is 0 Å². The SMILES string of the molecule is O=C(O)N[C@@H]1CC[C@@H](C2CCCCC2)CNC1=O. The molecular weight excluding hydrogens is 232 g/mol. The lowest BCUT2D eigenvalue weighted by atomic mass is 9.78. The smallest absolute Gasteiger partial charge is 0.405 e. The van der Waals surface area contributed by atoms with Gasteiger partial charge in [-0.2, -0.15) is 0 Å². The van der Waals surface area contributed by atoms with Gasteiger partial charge < -0.3 is 15.7 Å². The molecule has 3 N–H and O–H groups in total. The molecule has 1 saturated carbocycles. The zero-order valence-electron chi connectivity index (χ0n) is 10.7. The summed E-state index contributed by atoms with van der Waals surface area (Å²) in [5.74, 6) is 1.06. The van der Waals surface area contributed by atoms with Gasteiger partial charge in [-0.1, -0.05) is 32.1 Å². The predicted molar refractivity (Wildman–Crippen MR) is 67.3 cm³/mol. The van der Waals surface area contributed by atoms with Crippen LogP contribution in [0.3, 0.4) is 0 Å². The van der Waals surface area contributed by atoms with Crippen molar-refractivity contribution in [2.24, 2.45) is 11.8 Å². The minimum atomic E-state index is -1.12. The summed E-state index contributed by atoms with van der Waals surface area (Å²) in [6, 6.07) is -0.573. The molecule has 5 heteroatoms. The summed E-state index contributed by atoms with van der Waals surface area (Å²) < 4.78 is 0. The largest absolute Gasteiger partial charge is 0.465 e. The minimum absolute atomic E-state index is 0.171. The maximum absolute atomic E-state index is 11.7.